The predicted molar refractivity (Wildman–Crippen MR) is 76.9 cm³/mol. The molecule has 0 aliphatic carbocycles. The largest absolute Gasteiger partial charge is 0.478 e. The highest BCUT2D eigenvalue weighted by molar-refractivity contribution is 7.89. The number of carboxylic acid groups (broad SMARTS) is 1. The van der Waals surface area contributed by atoms with Gasteiger partial charge in [-0.3, -0.25) is 10.1 Å². The summed E-state index contributed by atoms with van der Waals surface area (Å²) in [4.78, 5) is 20.8. The minimum Gasteiger partial charge on any atom is -0.478 e. The summed E-state index contributed by atoms with van der Waals surface area (Å²) in [6.45, 7) is 0. The zero-order chi connectivity index (χ0) is 16.5. The molecule has 0 aromatic heterocycles. The van der Waals surface area contributed by atoms with E-state index in [0.29, 0.717) is 0 Å². The Morgan fingerprint density at radius 1 is 1.18 bits per heavy atom. The van der Waals surface area contributed by atoms with Crippen LogP contribution in [0.15, 0.2) is 47.4 Å². The molecule has 0 unspecified atom stereocenters. The summed E-state index contributed by atoms with van der Waals surface area (Å²) < 4.78 is 23.5. The number of benzene rings is 2. The van der Waals surface area contributed by atoms with Crippen molar-refractivity contribution in [2.45, 2.75) is 4.90 Å². The van der Waals surface area contributed by atoms with Crippen LogP contribution in [0.1, 0.15) is 10.4 Å². The molecule has 2 aromatic rings. The molecule has 0 radical (unpaired) electrons. The first kappa shape index (κ1) is 15.6. The van der Waals surface area contributed by atoms with E-state index in [1.54, 1.807) is 18.2 Å². The van der Waals surface area contributed by atoms with Gasteiger partial charge in [-0.05, 0) is 11.6 Å². The summed E-state index contributed by atoms with van der Waals surface area (Å²) in [6.07, 6.45) is 0. The number of nitrogens with zero attached hydrogens (tertiary/aromatic N) is 1. The molecule has 0 atom stereocenters. The molecule has 0 amide bonds. The van der Waals surface area contributed by atoms with Gasteiger partial charge in [0.25, 0.3) is 5.69 Å². The predicted octanol–water partition coefficient (Wildman–Crippen LogP) is 1.61. The molecule has 0 heterocycles. The highest BCUT2D eigenvalue weighted by atomic mass is 32.2. The summed E-state index contributed by atoms with van der Waals surface area (Å²) in [5, 5.41) is 25.3. The summed E-state index contributed by atoms with van der Waals surface area (Å²) in [5.74, 6) is -1.49. The van der Waals surface area contributed by atoms with E-state index in [4.69, 9.17) is 10.2 Å². The highest BCUT2D eigenvalue weighted by Crippen LogP contribution is 2.36. The Morgan fingerprint density at radius 3 is 2.23 bits per heavy atom. The molecule has 9 heteroatoms. The lowest BCUT2D eigenvalue weighted by Gasteiger charge is -2.10. The van der Waals surface area contributed by atoms with Crippen LogP contribution < -0.4 is 5.14 Å². The van der Waals surface area contributed by atoms with Crippen molar-refractivity contribution < 1.29 is 23.2 Å². The lowest BCUT2D eigenvalue weighted by Crippen LogP contribution is -2.15. The minimum atomic E-state index is -4.36. The number of aromatic carboxylic acids is 1. The number of nitrogens with two attached hydrogens (primary N) is 1. The van der Waals surface area contributed by atoms with Gasteiger partial charge in [-0.25, -0.2) is 18.4 Å². The van der Waals surface area contributed by atoms with E-state index in [2.05, 4.69) is 0 Å². The Bertz CT molecular complexity index is 862. The summed E-state index contributed by atoms with van der Waals surface area (Å²) in [6, 6.07) is 9.34. The molecule has 8 nitrogen and oxygen atoms in total. The van der Waals surface area contributed by atoms with Gasteiger partial charge in [-0.1, -0.05) is 30.3 Å². The number of carboxylic acids is 1. The van der Waals surface area contributed by atoms with Crippen molar-refractivity contribution in [3.63, 3.8) is 0 Å². The van der Waals surface area contributed by atoms with Crippen LogP contribution in [-0.2, 0) is 10.0 Å². The standard InChI is InChI=1S/C13H10N2O6S/c14-22(20,21)11-7-9(13(16)17)6-10(15(18)19)12(11)8-4-2-1-3-5-8/h1-7H,(H,16,17)(H2,14,20,21). The van der Waals surface area contributed by atoms with E-state index in [1.807, 2.05) is 0 Å². The molecule has 22 heavy (non-hydrogen) atoms. The van der Waals surface area contributed by atoms with Crippen molar-refractivity contribution in [3.05, 3.63) is 58.1 Å². The molecule has 0 aliphatic rings. The lowest BCUT2D eigenvalue weighted by atomic mass is 10.0. The van der Waals surface area contributed by atoms with Crippen molar-refractivity contribution in [3.8, 4) is 11.1 Å². The van der Waals surface area contributed by atoms with Gasteiger partial charge < -0.3 is 5.11 Å². The molecule has 2 rings (SSSR count). The number of hydrogen-bond acceptors (Lipinski definition) is 5. The highest BCUT2D eigenvalue weighted by Gasteiger charge is 2.27. The molecule has 3 N–H and O–H groups in total. The van der Waals surface area contributed by atoms with Gasteiger partial charge in [-0.2, -0.15) is 0 Å². The molecule has 2 aromatic carbocycles. The summed E-state index contributed by atoms with van der Waals surface area (Å²) >= 11 is 0. The first-order chi connectivity index (χ1) is 10.2. The van der Waals surface area contributed by atoms with E-state index >= 15 is 0 Å². The van der Waals surface area contributed by atoms with Crippen LogP contribution >= 0.6 is 0 Å². The van der Waals surface area contributed by atoms with Gasteiger partial charge in [-0.15, -0.1) is 0 Å². The third-order valence-corrected chi connectivity index (χ3v) is 3.83. The second-order valence-corrected chi connectivity index (χ2v) is 5.87. The Hall–Kier alpha value is -2.78. The molecule has 114 valence electrons. The monoisotopic (exact) mass is 322 g/mol. The van der Waals surface area contributed by atoms with Crippen LogP contribution in [0.4, 0.5) is 5.69 Å². The zero-order valence-electron chi connectivity index (χ0n) is 11.0. The van der Waals surface area contributed by atoms with Crippen LogP contribution in [0.2, 0.25) is 0 Å². The smallest absolute Gasteiger partial charge is 0.335 e. The molecule has 0 spiro atoms. The third-order valence-electron chi connectivity index (χ3n) is 2.89. The van der Waals surface area contributed by atoms with E-state index < -0.39 is 37.1 Å². The second kappa shape index (κ2) is 5.54. The molecule has 0 bridgehead atoms. The van der Waals surface area contributed by atoms with Crippen molar-refractivity contribution in [2.75, 3.05) is 0 Å². The Kier molecular flexibility index (Phi) is 3.93. The maximum absolute atomic E-state index is 11.7. The van der Waals surface area contributed by atoms with Crippen molar-refractivity contribution in [1.29, 1.82) is 0 Å². The maximum Gasteiger partial charge on any atom is 0.335 e. The van der Waals surface area contributed by atoms with E-state index in [-0.39, 0.29) is 11.1 Å². The summed E-state index contributed by atoms with van der Waals surface area (Å²) in [7, 11) is -4.36. The minimum absolute atomic E-state index is 0.238. The molecule has 0 saturated heterocycles. The average molecular weight is 322 g/mol. The number of nitro groups is 1. The fourth-order valence-corrected chi connectivity index (χ4v) is 2.79. The first-order valence-electron chi connectivity index (χ1n) is 5.86. The molecule has 0 aliphatic heterocycles. The quantitative estimate of drug-likeness (QED) is 0.647. The number of rotatable bonds is 4. The average Bonchev–Trinajstić information content (AvgIpc) is 2.45. The van der Waals surface area contributed by atoms with Gasteiger partial charge in [0, 0.05) is 6.07 Å². The van der Waals surface area contributed by atoms with E-state index in [9.17, 15) is 23.3 Å². The number of sulfonamides is 1. The van der Waals surface area contributed by atoms with Crippen LogP contribution in [0.3, 0.4) is 0 Å². The lowest BCUT2D eigenvalue weighted by molar-refractivity contribution is -0.384. The van der Waals surface area contributed by atoms with Crippen LogP contribution in [0, 0.1) is 10.1 Å². The SMILES string of the molecule is NS(=O)(=O)c1cc(C(=O)O)cc([N+](=O)[O-])c1-c1ccccc1. The zero-order valence-corrected chi connectivity index (χ0v) is 11.8. The molecule has 0 saturated carbocycles. The Morgan fingerprint density at radius 2 is 1.77 bits per heavy atom. The van der Waals surface area contributed by atoms with E-state index in [0.717, 1.165) is 12.1 Å². The van der Waals surface area contributed by atoms with Gasteiger partial charge >= 0.3 is 5.97 Å². The van der Waals surface area contributed by atoms with Crippen molar-refractivity contribution >= 4 is 21.7 Å². The third kappa shape index (κ3) is 2.95. The topological polar surface area (TPSA) is 141 Å². The van der Waals surface area contributed by atoms with Gasteiger partial charge in [0.1, 0.15) is 0 Å². The molecular formula is C13H10N2O6S. The van der Waals surface area contributed by atoms with Crippen LogP contribution in [-0.4, -0.2) is 24.4 Å². The fraction of sp³-hybridized carbons (Fsp3) is 0. The van der Waals surface area contributed by atoms with Crippen LogP contribution in [0.25, 0.3) is 11.1 Å². The van der Waals surface area contributed by atoms with Gasteiger partial charge in [0.05, 0.1) is 20.9 Å². The van der Waals surface area contributed by atoms with Gasteiger partial charge in [0.2, 0.25) is 10.0 Å². The first-order valence-corrected chi connectivity index (χ1v) is 7.40. The van der Waals surface area contributed by atoms with E-state index in [1.165, 1.54) is 12.1 Å². The number of nitro benzene ring substituents is 1. The Labute approximate surface area is 125 Å². The number of carbonyl (C=O) groups is 1. The fourth-order valence-electron chi connectivity index (χ4n) is 1.99. The Balaban J connectivity index is 2.96. The van der Waals surface area contributed by atoms with Crippen molar-refractivity contribution in [1.82, 2.24) is 0 Å². The summed E-state index contributed by atoms with van der Waals surface area (Å²) in [5.41, 5.74) is -1.17. The maximum atomic E-state index is 11.7. The van der Waals surface area contributed by atoms with Crippen LogP contribution in [0.5, 0.6) is 0 Å². The number of hydrogen-bond donors (Lipinski definition) is 2. The second-order valence-electron chi connectivity index (χ2n) is 4.34. The number of primary sulfonamides is 1. The normalized spacial score (nSPS) is 11.1. The molecular weight excluding hydrogens is 312 g/mol. The molecule has 0 fully saturated rings. The van der Waals surface area contributed by atoms with Gasteiger partial charge in [0.15, 0.2) is 0 Å². The van der Waals surface area contributed by atoms with Crippen molar-refractivity contribution in [2.24, 2.45) is 5.14 Å².